The molecule has 0 aromatic heterocycles. The van der Waals surface area contributed by atoms with Crippen LogP contribution in [0.2, 0.25) is 0 Å². The van der Waals surface area contributed by atoms with E-state index in [2.05, 4.69) is 20.6 Å². The summed E-state index contributed by atoms with van der Waals surface area (Å²) in [7, 11) is 0. The van der Waals surface area contributed by atoms with Crippen molar-refractivity contribution >= 4 is 17.5 Å². The van der Waals surface area contributed by atoms with Crippen molar-refractivity contribution in [1.82, 2.24) is 5.32 Å². The first-order valence-electron chi connectivity index (χ1n) is 5.84. The third-order valence-electron chi connectivity index (χ3n) is 2.23. The largest absolute Gasteiger partial charge is 0.461 e. The molecule has 1 amide bonds. The highest BCUT2D eigenvalue weighted by atomic mass is 16.6. The first kappa shape index (κ1) is 15.9. The molecule has 1 aromatic carbocycles. The average Bonchev–Trinajstić information content (AvgIpc) is 2.49. The topological polar surface area (TPSA) is 143 Å². The van der Waals surface area contributed by atoms with Crippen molar-refractivity contribution in [2.75, 3.05) is 13.2 Å². The lowest BCUT2D eigenvalue weighted by Gasteiger charge is -2.05. The number of carbonyl (C=O) groups excluding carboxylic acids is 1. The van der Waals surface area contributed by atoms with Crippen LogP contribution in [0.15, 0.2) is 34.6 Å². The Morgan fingerprint density at radius 1 is 1.57 bits per heavy atom. The van der Waals surface area contributed by atoms with Crippen LogP contribution < -0.4 is 5.32 Å². The van der Waals surface area contributed by atoms with Crippen molar-refractivity contribution in [3.63, 3.8) is 0 Å². The van der Waals surface area contributed by atoms with Crippen LogP contribution in [0.1, 0.15) is 17.3 Å². The van der Waals surface area contributed by atoms with Gasteiger partial charge < -0.3 is 10.1 Å². The summed E-state index contributed by atoms with van der Waals surface area (Å²) in [5, 5.41) is 19.5. The van der Waals surface area contributed by atoms with E-state index in [-0.39, 0.29) is 30.3 Å². The summed E-state index contributed by atoms with van der Waals surface area (Å²) < 4.78 is 5.05. The molecule has 0 radical (unpaired) electrons. The minimum Gasteiger partial charge on any atom is -0.461 e. The van der Waals surface area contributed by atoms with Crippen LogP contribution in [0.3, 0.4) is 0 Å². The smallest absolute Gasteiger partial charge is 0.326 e. The van der Waals surface area contributed by atoms with Crippen molar-refractivity contribution in [3.8, 4) is 0 Å². The summed E-state index contributed by atoms with van der Waals surface area (Å²) in [6.45, 7) is 1.88. The number of ether oxygens (including phenoxy) is 1. The minimum absolute atomic E-state index is 0.0362. The monoisotopic (exact) mass is 292 g/mol. The Hall–Kier alpha value is -3.13. The number of nitro groups is 1. The Morgan fingerprint density at radius 2 is 2.33 bits per heavy atom. The number of azide groups is 1. The second-order valence-corrected chi connectivity index (χ2v) is 3.60. The van der Waals surface area contributed by atoms with Crippen molar-refractivity contribution in [3.05, 3.63) is 50.4 Å². The molecule has 0 saturated carbocycles. The molecule has 1 N–H and O–H groups in total. The van der Waals surface area contributed by atoms with Gasteiger partial charge in [0.05, 0.1) is 11.5 Å². The summed E-state index contributed by atoms with van der Waals surface area (Å²) in [6.07, 6.45) is 0. The number of rotatable bonds is 6. The predicted molar refractivity (Wildman–Crippen MR) is 73.6 cm³/mol. The summed E-state index contributed by atoms with van der Waals surface area (Å²) in [5.74, 6) is -0.499. The number of hydrogen-bond donors (Lipinski definition) is 1. The van der Waals surface area contributed by atoms with Gasteiger partial charge in [-0.15, -0.1) is 5.53 Å². The highest BCUT2D eigenvalue weighted by molar-refractivity contribution is 5.96. The van der Waals surface area contributed by atoms with Crippen molar-refractivity contribution in [2.24, 2.45) is 10.3 Å². The molecular formula is C11H12N6O4. The van der Waals surface area contributed by atoms with Crippen LogP contribution in [0, 0.1) is 10.1 Å². The maximum Gasteiger partial charge on any atom is 0.326 e. The minimum atomic E-state index is -0.592. The second kappa shape index (κ2) is 8.12. The highest BCUT2D eigenvalue weighted by Crippen LogP contribution is 2.12. The molecule has 0 saturated heterocycles. The lowest BCUT2D eigenvalue weighted by atomic mass is 10.2. The fraction of sp³-hybridized carbons (Fsp3) is 0.273. The molecule has 0 aliphatic rings. The lowest BCUT2D eigenvalue weighted by molar-refractivity contribution is -0.384. The number of carbonyl (C=O) groups is 1. The average molecular weight is 292 g/mol. The first-order chi connectivity index (χ1) is 10.1. The van der Waals surface area contributed by atoms with E-state index in [1.807, 2.05) is 0 Å². The molecule has 0 aliphatic heterocycles. The SMILES string of the molecule is CCOC(CNC(=O)c1cccc([N+](=O)[O-])c1)=NN=[N+]=[N-]. The summed E-state index contributed by atoms with van der Waals surface area (Å²) in [5.41, 5.74) is 8.11. The zero-order valence-electron chi connectivity index (χ0n) is 11.1. The molecule has 0 atom stereocenters. The summed E-state index contributed by atoms with van der Waals surface area (Å²) in [6, 6.07) is 5.28. The van der Waals surface area contributed by atoms with Gasteiger partial charge in [0.2, 0.25) is 0 Å². The van der Waals surface area contributed by atoms with E-state index in [9.17, 15) is 14.9 Å². The summed E-state index contributed by atoms with van der Waals surface area (Å²) in [4.78, 5) is 24.3. The van der Waals surface area contributed by atoms with Crippen LogP contribution in [-0.2, 0) is 4.74 Å². The number of nitrogens with zero attached hydrogens (tertiary/aromatic N) is 5. The first-order valence-corrected chi connectivity index (χ1v) is 5.84. The van der Waals surface area contributed by atoms with Gasteiger partial charge >= 0.3 is 5.90 Å². The molecule has 0 spiro atoms. The van der Waals surface area contributed by atoms with Crippen LogP contribution in [-0.4, -0.2) is 29.9 Å². The Balaban J connectivity index is 2.74. The maximum atomic E-state index is 11.9. The van der Waals surface area contributed by atoms with Crippen LogP contribution in [0.25, 0.3) is 10.4 Å². The van der Waals surface area contributed by atoms with Crippen LogP contribution >= 0.6 is 0 Å². The molecule has 10 heteroatoms. The normalized spacial score (nSPS) is 10.4. The standard InChI is InChI=1S/C11H12N6O4/c1-2-21-10(14-16-15-12)7-13-11(18)8-4-3-5-9(6-8)17(19)20/h3-6H,2,7H2,1H3,(H,13,18). The molecule has 1 rings (SSSR count). The third-order valence-corrected chi connectivity index (χ3v) is 2.23. The fourth-order valence-electron chi connectivity index (χ4n) is 1.37. The Morgan fingerprint density at radius 3 is 2.95 bits per heavy atom. The second-order valence-electron chi connectivity index (χ2n) is 3.60. The van der Waals surface area contributed by atoms with Gasteiger partial charge in [0.1, 0.15) is 6.54 Å². The van der Waals surface area contributed by atoms with E-state index in [4.69, 9.17) is 10.3 Å². The van der Waals surface area contributed by atoms with E-state index in [1.54, 1.807) is 6.92 Å². The third kappa shape index (κ3) is 5.17. The van der Waals surface area contributed by atoms with Gasteiger partial charge in [-0.3, -0.25) is 14.9 Å². The maximum absolute atomic E-state index is 11.9. The zero-order valence-corrected chi connectivity index (χ0v) is 11.1. The predicted octanol–water partition coefficient (Wildman–Crippen LogP) is 1.98. The molecular weight excluding hydrogens is 280 g/mol. The number of nitrogens with one attached hydrogen (secondary N) is 1. The Kier molecular flexibility index (Phi) is 6.16. The molecule has 0 bridgehead atoms. The van der Waals surface area contributed by atoms with E-state index >= 15 is 0 Å². The molecule has 1 aromatic rings. The summed E-state index contributed by atoms with van der Waals surface area (Å²) >= 11 is 0. The fourth-order valence-corrected chi connectivity index (χ4v) is 1.37. The van der Waals surface area contributed by atoms with E-state index in [0.29, 0.717) is 0 Å². The van der Waals surface area contributed by atoms with Crippen molar-refractivity contribution < 1.29 is 14.5 Å². The van der Waals surface area contributed by atoms with Crippen molar-refractivity contribution in [2.45, 2.75) is 6.92 Å². The van der Waals surface area contributed by atoms with E-state index < -0.39 is 10.8 Å². The molecule has 0 fully saturated rings. The molecule has 21 heavy (non-hydrogen) atoms. The zero-order chi connectivity index (χ0) is 15.7. The number of hydrogen-bond acceptors (Lipinski definition) is 5. The highest BCUT2D eigenvalue weighted by Gasteiger charge is 2.13. The van der Waals surface area contributed by atoms with Crippen LogP contribution in [0.5, 0.6) is 0 Å². The number of benzene rings is 1. The van der Waals surface area contributed by atoms with Gasteiger partial charge in [0.15, 0.2) is 0 Å². The number of nitro benzene ring substituents is 1. The van der Waals surface area contributed by atoms with Crippen molar-refractivity contribution in [1.29, 1.82) is 0 Å². The molecule has 110 valence electrons. The van der Waals surface area contributed by atoms with Gasteiger partial charge in [-0.05, 0) is 13.0 Å². The quantitative estimate of drug-likeness (QED) is 0.162. The van der Waals surface area contributed by atoms with E-state index in [1.165, 1.54) is 18.2 Å². The molecule has 0 heterocycles. The molecule has 0 unspecified atom stereocenters. The number of non-ortho nitro benzene ring substituents is 1. The van der Waals surface area contributed by atoms with Gasteiger partial charge in [0, 0.05) is 28.0 Å². The lowest BCUT2D eigenvalue weighted by Crippen LogP contribution is -2.30. The Bertz CT molecular complexity index is 608. The van der Waals surface area contributed by atoms with Crippen LogP contribution in [0.4, 0.5) is 5.69 Å². The van der Waals surface area contributed by atoms with E-state index in [0.717, 1.165) is 6.07 Å². The van der Waals surface area contributed by atoms with Gasteiger partial charge in [-0.2, -0.15) is 4.91 Å². The molecule has 10 nitrogen and oxygen atoms in total. The van der Waals surface area contributed by atoms with Gasteiger partial charge in [0.25, 0.3) is 11.6 Å². The molecule has 0 aliphatic carbocycles. The number of amides is 1. The van der Waals surface area contributed by atoms with Gasteiger partial charge in [-0.1, -0.05) is 6.07 Å². The Labute approximate surface area is 119 Å². The van der Waals surface area contributed by atoms with Gasteiger partial charge in [-0.25, -0.2) is 0 Å².